The minimum absolute atomic E-state index is 0.119. The third kappa shape index (κ3) is 4.20. The largest absolute Gasteiger partial charge is 0.497 e. The highest BCUT2D eigenvalue weighted by atomic mass is 16.5. The van der Waals surface area contributed by atoms with Gasteiger partial charge in [0.15, 0.2) is 0 Å². The molecule has 2 aromatic rings. The molecule has 0 radical (unpaired) electrons. The second-order valence-corrected chi connectivity index (χ2v) is 4.78. The van der Waals surface area contributed by atoms with E-state index in [1.165, 1.54) is 0 Å². The lowest BCUT2D eigenvalue weighted by molar-refractivity contribution is -0.115. The van der Waals surface area contributed by atoms with Gasteiger partial charge in [-0.2, -0.15) is 5.26 Å². The van der Waals surface area contributed by atoms with E-state index in [1.807, 2.05) is 6.92 Å². The number of nitrogens with zero attached hydrogens (tertiary/aromatic N) is 3. The molecule has 0 atom stereocenters. The highest BCUT2D eigenvalue weighted by molar-refractivity contribution is 5.94. The zero-order valence-electron chi connectivity index (χ0n) is 13.1. The van der Waals surface area contributed by atoms with Crippen molar-refractivity contribution in [1.82, 2.24) is 4.98 Å². The highest BCUT2D eigenvalue weighted by Crippen LogP contribution is 2.17. The summed E-state index contributed by atoms with van der Waals surface area (Å²) < 4.78 is 5.08. The SMILES string of the molecule is CCN(CC(=O)Nc1ccc(OC)cc1)c1ncccc1C#N. The van der Waals surface area contributed by atoms with Crippen molar-refractivity contribution in [1.29, 1.82) is 5.26 Å². The number of ether oxygens (including phenoxy) is 1. The molecule has 1 amide bonds. The molecule has 23 heavy (non-hydrogen) atoms. The first-order chi connectivity index (χ1) is 11.2. The molecule has 6 heteroatoms. The van der Waals surface area contributed by atoms with Crippen molar-refractivity contribution in [3.8, 4) is 11.8 Å². The van der Waals surface area contributed by atoms with E-state index in [0.29, 0.717) is 23.6 Å². The summed E-state index contributed by atoms with van der Waals surface area (Å²) in [6, 6.07) is 12.6. The van der Waals surface area contributed by atoms with Crippen molar-refractivity contribution in [2.45, 2.75) is 6.92 Å². The fraction of sp³-hybridized carbons (Fsp3) is 0.235. The van der Waals surface area contributed by atoms with Crippen molar-refractivity contribution in [2.24, 2.45) is 0 Å². The van der Waals surface area contributed by atoms with Crippen molar-refractivity contribution >= 4 is 17.4 Å². The van der Waals surface area contributed by atoms with E-state index in [9.17, 15) is 4.79 Å². The fourth-order valence-electron chi connectivity index (χ4n) is 2.12. The van der Waals surface area contributed by atoms with Crippen molar-refractivity contribution in [2.75, 3.05) is 30.4 Å². The molecule has 0 aliphatic heterocycles. The van der Waals surface area contributed by atoms with Crippen LogP contribution in [-0.2, 0) is 4.79 Å². The number of nitrogens with one attached hydrogen (secondary N) is 1. The van der Waals surface area contributed by atoms with Crippen LogP contribution in [0.1, 0.15) is 12.5 Å². The second-order valence-electron chi connectivity index (χ2n) is 4.78. The number of carbonyl (C=O) groups excluding carboxylic acids is 1. The number of nitriles is 1. The topological polar surface area (TPSA) is 78.2 Å². The molecular weight excluding hydrogens is 292 g/mol. The van der Waals surface area contributed by atoms with Crippen LogP contribution in [-0.4, -0.2) is 31.1 Å². The number of aromatic nitrogens is 1. The first kappa shape index (κ1) is 16.3. The molecule has 1 heterocycles. The molecule has 0 unspecified atom stereocenters. The number of rotatable bonds is 6. The van der Waals surface area contributed by atoms with Crippen LogP contribution in [0.3, 0.4) is 0 Å². The standard InChI is InChI=1S/C17H18N4O2/c1-3-21(17-13(11-18)5-4-10-19-17)12-16(22)20-14-6-8-15(23-2)9-7-14/h4-10H,3,12H2,1-2H3,(H,20,22). The monoisotopic (exact) mass is 310 g/mol. The summed E-state index contributed by atoms with van der Waals surface area (Å²) in [5, 5.41) is 12.0. The number of hydrogen-bond acceptors (Lipinski definition) is 5. The number of likely N-dealkylation sites (N-methyl/N-ethyl adjacent to an activating group) is 1. The molecule has 1 N–H and O–H groups in total. The van der Waals surface area contributed by atoms with Gasteiger partial charge in [0.1, 0.15) is 17.6 Å². The molecule has 1 aromatic carbocycles. The number of amides is 1. The number of benzene rings is 1. The minimum Gasteiger partial charge on any atom is -0.497 e. The summed E-state index contributed by atoms with van der Waals surface area (Å²) in [5.41, 5.74) is 1.14. The van der Waals surface area contributed by atoms with Crippen LogP contribution in [0.25, 0.3) is 0 Å². The molecule has 2 rings (SSSR count). The first-order valence-electron chi connectivity index (χ1n) is 7.22. The normalized spacial score (nSPS) is 9.78. The van der Waals surface area contributed by atoms with Gasteiger partial charge < -0.3 is 15.0 Å². The maximum Gasteiger partial charge on any atom is 0.243 e. The molecule has 0 saturated carbocycles. The summed E-state index contributed by atoms with van der Waals surface area (Å²) in [6.45, 7) is 2.60. The quantitative estimate of drug-likeness (QED) is 0.886. The van der Waals surface area contributed by atoms with Gasteiger partial charge in [-0.15, -0.1) is 0 Å². The van der Waals surface area contributed by atoms with Crippen LogP contribution in [0, 0.1) is 11.3 Å². The molecule has 0 spiro atoms. The van der Waals surface area contributed by atoms with E-state index in [-0.39, 0.29) is 12.5 Å². The Labute approximate surface area is 135 Å². The van der Waals surface area contributed by atoms with Gasteiger partial charge in [0.25, 0.3) is 0 Å². The van der Waals surface area contributed by atoms with Crippen molar-refractivity contribution in [3.05, 3.63) is 48.2 Å². The van der Waals surface area contributed by atoms with Gasteiger partial charge in [-0.1, -0.05) is 0 Å². The average Bonchev–Trinajstić information content (AvgIpc) is 2.60. The summed E-state index contributed by atoms with van der Waals surface area (Å²) >= 11 is 0. The maximum absolute atomic E-state index is 12.2. The fourth-order valence-corrected chi connectivity index (χ4v) is 2.12. The second kappa shape index (κ2) is 7.80. The van der Waals surface area contributed by atoms with E-state index >= 15 is 0 Å². The van der Waals surface area contributed by atoms with Crippen LogP contribution in [0.4, 0.5) is 11.5 Å². The molecule has 0 bridgehead atoms. The van der Waals surface area contributed by atoms with E-state index in [0.717, 1.165) is 5.75 Å². The number of pyridine rings is 1. The smallest absolute Gasteiger partial charge is 0.243 e. The van der Waals surface area contributed by atoms with Crippen LogP contribution < -0.4 is 15.0 Å². The van der Waals surface area contributed by atoms with Gasteiger partial charge in [-0.25, -0.2) is 4.98 Å². The summed E-state index contributed by atoms with van der Waals surface area (Å²) in [4.78, 5) is 18.2. The molecule has 1 aromatic heterocycles. The Hall–Kier alpha value is -3.07. The zero-order valence-corrected chi connectivity index (χ0v) is 13.1. The van der Waals surface area contributed by atoms with Gasteiger partial charge in [0.2, 0.25) is 5.91 Å². The first-order valence-corrected chi connectivity index (χ1v) is 7.22. The Bertz CT molecular complexity index is 707. The highest BCUT2D eigenvalue weighted by Gasteiger charge is 2.14. The average molecular weight is 310 g/mol. The van der Waals surface area contributed by atoms with E-state index in [2.05, 4.69) is 16.4 Å². The van der Waals surface area contributed by atoms with E-state index in [1.54, 1.807) is 54.6 Å². The van der Waals surface area contributed by atoms with Gasteiger partial charge in [-0.05, 0) is 43.3 Å². The molecule has 0 aliphatic rings. The number of anilines is 2. The number of hydrogen-bond donors (Lipinski definition) is 1. The van der Waals surface area contributed by atoms with Gasteiger partial charge in [0, 0.05) is 18.4 Å². The van der Waals surface area contributed by atoms with Crippen LogP contribution in [0.5, 0.6) is 5.75 Å². The summed E-state index contributed by atoms with van der Waals surface area (Å²) in [7, 11) is 1.59. The number of carbonyl (C=O) groups is 1. The van der Waals surface area contributed by atoms with Crippen molar-refractivity contribution < 1.29 is 9.53 Å². The summed E-state index contributed by atoms with van der Waals surface area (Å²) in [6.07, 6.45) is 1.61. The minimum atomic E-state index is -0.174. The summed E-state index contributed by atoms with van der Waals surface area (Å²) in [5.74, 6) is 1.07. The molecule has 0 aliphatic carbocycles. The Morgan fingerprint density at radius 3 is 2.70 bits per heavy atom. The lowest BCUT2D eigenvalue weighted by Crippen LogP contribution is -2.34. The van der Waals surface area contributed by atoms with Gasteiger partial charge in [0.05, 0.1) is 19.2 Å². The predicted octanol–water partition coefficient (Wildman–Crippen LogP) is 2.43. The van der Waals surface area contributed by atoms with Crippen LogP contribution >= 0.6 is 0 Å². The Kier molecular flexibility index (Phi) is 5.53. The third-order valence-electron chi connectivity index (χ3n) is 3.30. The van der Waals surface area contributed by atoms with E-state index < -0.39 is 0 Å². The molecule has 118 valence electrons. The van der Waals surface area contributed by atoms with Gasteiger partial charge >= 0.3 is 0 Å². The Balaban J connectivity index is 2.06. The third-order valence-corrected chi connectivity index (χ3v) is 3.30. The predicted molar refractivity (Wildman–Crippen MR) is 88.5 cm³/mol. The number of methoxy groups -OCH3 is 1. The van der Waals surface area contributed by atoms with Gasteiger partial charge in [-0.3, -0.25) is 4.79 Å². The Morgan fingerprint density at radius 1 is 1.35 bits per heavy atom. The zero-order chi connectivity index (χ0) is 16.7. The van der Waals surface area contributed by atoms with E-state index in [4.69, 9.17) is 10.00 Å². The van der Waals surface area contributed by atoms with Crippen LogP contribution in [0.2, 0.25) is 0 Å². The molecule has 0 fully saturated rings. The lowest BCUT2D eigenvalue weighted by atomic mass is 10.2. The Morgan fingerprint density at radius 2 is 2.09 bits per heavy atom. The molecular formula is C17H18N4O2. The van der Waals surface area contributed by atoms with Crippen molar-refractivity contribution in [3.63, 3.8) is 0 Å². The molecule has 6 nitrogen and oxygen atoms in total. The van der Waals surface area contributed by atoms with Crippen LogP contribution in [0.15, 0.2) is 42.6 Å². The lowest BCUT2D eigenvalue weighted by Gasteiger charge is -2.22. The molecule has 0 saturated heterocycles. The maximum atomic E-state index is 12.2.